The van der Waals surface area contributed by atoms with Crippen LogP contribution in [0.25, 0.3) is 0 Å². The van der Waals surface area contributed by atoms with Crippen molar-refractivity contribution in [2.45, 2.75) is 53.1 Å². The van der Waals surface area contributed by atoms with Gasteiger partial charge in [0, 0.05) is 19.4 Å². The first-order valence-corrected chi connectivity index (χ1v) is 8.71. The average molecular weight is 332 g/mol. The maximum absolute atomic E-state index is 12.6. The summed E-state index contributed by atoms with van der Waals surface area (Å²) in [6.45, 7) is 9.36. The fourth-order valence-corrected chi connectivity index (χ4v) is 2.73. The minimum atomic E-state index is -0.0604. The normalized spacial score (nSPS) is 16.5. The highest BCUT2D eigenvalue weighted by Gasteiger charge is 2.27. The van der Waals surface area contributed by atoms with Crippen molar-refractivity contribution in [3.05, 3.63) is 23.8 Å². The molecule has 1 N–H and O–H groups in total. The Balaban J connectivity index is 1.93. The number of hydrogen-bond donors (Lipinski definition) is 1. The van der Waals surface area contributed by atoms with Gasteiger partial charge in [0.05, 0.1) is 12.2 Å². The summed E-state index contributed by atoms with van der Waals surface area (Å²) in [7, 11) is 0. The zero-order valence-electron chi connectivity index (χ0n) is 15.1. The number of ether oxygens (including phenoxy) is 1. The summed E-state index contributed by atoms with van der Waals surface area (Å²) in [6.07, 6.45) is 1.34. The zero-order valence-corrected chi connectivity index (χ0v) is 15.1. The van der Waals surface area contributed by atoms with Gasteiger partial charge in [0.2, 0.25) is 11.8 Å². The summed E-state index contributed by atoms with van der Waals surface area (Å²) in [5.41, 5.74) is 1.88. The topological polar surface area (TPSA) is 58.6 Å². The van der Waals surface area contributed by atoms with E-state index >= 15 is 0 Å². The number of rotatable bonds is 6. The van der Waals surface area contributed by atoms with Crippen molar-refractivity contribution in [3.63, 3.8) is 0 Å². The van der Waals surface area contributed by atoms with Crippen LogP contribution in [0.15, 0.2) is 18.2 Å². The zero-order chi connectivity index (χ0) is 17.7. The van der Waals surface area contributed by atoms with Gasteiger partial charge in [-0.25, -0.2) is 0 Å². The third-order valence-electron chi connectivity index (χ3n) is 4.08. The van der Waals surface area contributed by atoms with Crippen LogP contribution in [-0.4, -0.2) is 31.0 Å². The minimum absolute atomic E-state index is 0.0315. The van der Waals surface area contributed by atoms with Crippen molar-refractivity contribution in [1.29, 1.82) is 0 Å². The number of fused-ring (bicyclic) bond motifs is 1. The SMILES string of the molecule is Cc1ccc2c(c1)N(C(=O)CCC(=O)NCCC(C)C)CC(C)O2. The van der Waals surface area contributed by atoms with Gasteiger partial charge in [0.25, 0.3) is 0 Å². The maximum Gasteiger partial charge on any atom is 0.227 e. The van der Waals surface area contributed by atoms with Crippen LogP contribution in [0.5, 0.6) is 5.75 Å². The van der Waals surface area contributed by atoms with Gasteiger partial charge >= 0.3 is 0 Å². The van der Waals surface area contributed by atoms with E-state index in [1.165, 1.54) is 0 Å². The summed E-state index contributed by atoms with van der Waals surface area (Å²) in [6, 6.07) is 5.84. The Hall–Kier alpha value is -2.04. The monoisotopic (exact) mass is 332 g/mol. The Bertz CT molecular complexity index is 598. The molecule has 1 aliphatic rings. The predicted molar refractivity (Wildman–Crippen MR) is 95.3 cm³/mol. The molecule has 1 unspecified atom stereocenters. The van der Waals surface area contributed by atoms with E-state index in [0.717, 1.165) is 23.4 Å². The number of nitrogens with one attached hydrogen (secondary N) is 1. The Morgan fingerprint density at radius 1 is 1.33 bits per heavy atom. The van der Waals surface area contributed by atoms with Crippen LogP contribution in [0.2, 0.25) is 0 Å². The van der Waals surface area contributed by atoms with Gasteiger partial charge in [0.1, 0.15) is 11.9 Å². The number of benzene rings is 1. The number of aryl methyl sites for hydroxylation is 1. The second-order valence-electron chi connectivity index (χ2n) is 6.94. The second-order valence-corrected chi connectivity index (χ2v) is 6.94. The lowest BCUT2D eigenvalue weighted by Crippen LogP contribution is -2.42. The third-order valence-corrected chi connectivity index (χ3v) is 4.08. The molecule has 1 aromatic carbocycles. The van der Waals surface area contributed by atoms with Gasteiger partial charge in [-0.2, -0.15) is 0 Å². The molecule has 0 saturated carbocycles. The first kappa shape index (κ1) is 18.3. The first-order chi connectivity index (χ1) is 11.4. The molecule has 132 valence electrons. The van der Waals surface area contributed by atoms with Gasteiger partial charge in [-0.15, -0.1) is 0 Å². The number of carbonyl (C=O) groups is 2. The van der Waals surface area contributed by atoms with E-state index in [4.69, 9.17) is 4.74 Å². The van der Waals surface area contributed by atoms with Crippen LogP contribution in [0.3, 0.4) is 0 Å². The lowest BCUT2D eigenvalue weighted by atomic mass is 10.1. The second kappa shape index (κ2) is 8.18. The van der Waals surface area contributed by atoms with Gasteiger partial charge in [-0.05, 0) is 43.9 Å². The molecule has 1 aromatic rings. The third kappa shape index (κ3) is 4.98. The highest BCUT2D eigenvalue weighted by Crippen LogP contribution is 2.34. The summed E-state index contributed by atoms with van der Waals surface area (Å²) in [5, 5.41) is 2.87. The fraction of sp³-hybridized carbons (Fsp3) is 0.579. The average Bonchev–Trinajstić information content (AvgIpc) is 2.52. The molecule has 0 spiro atoms. The van der Waals surface area contributed by atoms with E-state index in [9.17, 15) is 9.59 Å². The van der Waals surface area contributed by atoms with Crippen molar-refractivity contribution >= 4 is 17.5 Å². The molecule has 5 nitrogen and oxygen atoms in total. The van der Waals surface area contributed by atoms with Crippen LogP contribution < -0.4 is 15.0 Å². The fourth-order valence-electron chi connectivity index (χ4n) is 2.73. The van der Waals surface area contributed by atoms with E-state index < -0.39 is 0 Å². The number of carbonyl (C=O) groups excluding carboxylic acids is 2. The molecule has 24 heavy (non-hydrogen) atoms. The first-order valence-electron chi connectivity index (χ1n) is 8.71. The van der Waals surface area contributed by atoms with E-state index in [1.807, 2.05) is 32.0 Å². The number of nitrogens with zero attached hydrogens (tertiary/aromatic N) is 1. The van der Waals surface area contributed by atoms with E-state index in [0.29, 0.717) is 19.0 Å². The van der Waals surface area contributed by atoms with Crippen LogP contribution >= 0.6 is 0 Å². The van der Waals surface area contributed by atoms with Gasteiger partial charge in [-0.1, -0.05) is 19.9 Å². The van der Waals surface area contributed by atoms with E-state index in [2.05, 4.69) is 19.2 Å². The molecule has 1 aliphatic heterocycles. The summed E-state index contributed by atoms with van der Waals surface area (Å²) >= 11 is 0. The highest BCUT2D eigenvalue weighted by molar-refractivity contribution is 5.97. The van der Waals surface area contributed by atoms with Crippen molar-refractivity contribution in [2.24, 2.45) is 5.92 Å². The Labute approximate surface area is 144 Å². The molecule has 2 rings (SSSR count). The Morgan fingerprint density at radius 3 is 2.79 bits per heavy atom. The van der Waals surface area contributed by atoms with Crippen LogP contribution in [0.1, 0.15) is 45.6 Å². The van der Waals surface area contributed by atoms with Crippen molar-refractivity contribution in [2.75, 3.05) is 18.0 Å². The lowest BCUT2D eigenvalue weighted by molar-refractivity contribution is -0.125. The quantitative estimate of drug-likeness (QED) is 0.871. The van der Waals surface area contributed by atoms with E-state index in [-0.39, 0.29) is 30.8 Å². The van der Waals surface area contributed by atoms with Gasteiger partial charge in [0.15, 0.2) is 0 Å². The predicted octanol–water partition coefficient (Wildman–Crippen LogP) is 3.05. The highest BCUT2D eigenvalue weighted by atomic mass is 16.5. The number of hydrogen-bond acceptors (Lipinski definition) is 3. The molecular formula is C19H28N2O3. The van der Waals surface area contributed by atoms with Crippen molar-refractivity contribution in [1.82, 2.24) is 5.32 Å². The van der Waals surface area contributed by atoms with Crippen LogP contribution in [-0.2, 0) is 9.59 Å². The standard InChI is InChI=1S/C19H28N2O3/c1-13(2)9-10-20-18(22)7-8-19(23)21-12-15(4)24-17-6-5-14(3)11-16(17)21/h5-6,11,13,15H,7-10,12H2,1-4H3,(H,20,22). The van der Waals surface area contributed by atoms with E-state index in [1.54, 1.807) is 4.90 Å². The molecule has 1 heterocycles. The summed E-state index contributed by atoms with van der Waals surface area (Å²) < 4.78 is 5.80. The van der Waals surface area contributed by atoms with Gasteiger partial charge in [-0.3, -0.25) is 9.59 Å². The van der Waals surface area contributed by atoms with Crippen molar-refractivity contribution < 1.29 is 14.3 Å². The van der Waals surface area contributed by atoms with Gasteiger partial charge < -0.3 is 15.0 Å². The Kier molecular flexibility index (Phi) is 6.23. The molecule has 5 heteroatoms. The molecular weight excluding hydrogens is 304 g/mol. The summed E-state index contributed by atoms with van der Waals surface area (Å²) in [5.74, 6) is 1.20. The smallest absolute Gasteiger partial charge is 0.227 e. The van der Waals surface area contributed by atoms with Crippen LogP contribution in [0, 0.1) is 12.8 Å². The summed E-state index contributed by atoms with van der Waals surface area (Å²) in [4.78, 5) is 26.2. The number of anilines is 1. The largest absolute Gasteiger partial charge is 0.487 e. The molecule has 0 saturated heterocycles. The molecule has 0 aliphatic carbocycles. The lowest BCUT2D eigenvalue weighted by Gasteiger charge is -2.33. The molecule has 0 radical (unpaired) electrons. The molecule has 0 aromatic heterocycles. The maximum atomic E-state index is 12.6. The molecule has 1 atom stereocenters. The minimum Gasteiger partial charge on any atom is -0.487 e. The molecule has 2 amide bonds. The Morgan fingerprint density at radius 2 is 2.08 bits per heavy atom. The van der Waals surface area contributed by atoms with Crippen LogP contribution in [0.4, 0.5) is 5.69 Å². The number of amides is 2. The van der Waals surface area contributed by atoms with Crippen molar-refractivity contribution in [3.8, 4) is 5.75 Å². The molecule has 0 bridgehead atoms. The molecule has 0 fully saturated rings.